The van der Waals surface area contributed by atoms with Crippen molar-refractivity contribution in [1.29, 1.82) is 0 Å². The van der Waals surface area contributed by atoms with Gasteiger partial charge >= 0.3 is 0 Å². The van der Waals surface area contributed by atoms with Crippen LogP contribution in [-0.2, 0) is 0 Å². The Bertz CT molecular complexity index is 331. The molecular weight excluding hydrogens is 225 g/mol. The van der Waals surface area contributed by atoms with E-state index < -0.39 is 6.04 Å². The lowest BCUT2D eigenvalue weighted by molar-refractivity contribution is 0.275. The molecule has 0 unspecified atom stereocenters. The zero-order chi connectivity index (χ0) is 10.7. The number of phenolic OH excluding ortho intramolecular Hbond substituents is 1. The lowest BCUT2D eigenvalue weighted by Crippen LogP contribution is -2.12. The number of hydrogen-bond acceptors (Lipinski definition) is 3. The first-order valence-corrected chi connectivity index (χ1v) is 4.86. The van der Waals surface area contributed by atoms with Crippen molar-refractivity contribution in [2.24, 2.45) is 5.73 Å². The number of aliphatic hydroxyl groups excluding tert-OH is 1. The van der Waals surface area contributed by atoms with E-state index in [1.807, 2.05) is 0 Å². The van der Waals surface area contributed by atoms with E-state index in [0.717, 1.165) is 0 Å². The van der Waals surface area contributed by atoms with Gasteiger partial charge in [-0.3, -0.25) is 0 Å². The van der Waals surface area contributed by atoms with Crippen molar-refractivity contribution in [1.82, 2.24) is 0 Å². The molecule has 1 aromatic carbocycles. The van der Waals surface area contributed by atoms with Gasteiger partial charge < -0.3 is 15.9 Å². The molecule has 0 aliphatic heterocycles. The van der Waals surface area contributed by atoms with Crippen molar-refractivity contribution >= 4 is 23.2 Å². The van der Waals surface area contributed by atoms with Crippen molar-refractivity contribution in [3.05, 3.63) is 27.7 Å². The summed E-state index contributed by atoms with van der Waals surface area (Å²) >= 11 is 11.4. The Hall–Kier alpha value is -0.480. The van der Waals surface area contributed by atoms with Crippen LogP contribution < -0.4 is 5.73 Å². The molecule has 0 bridgehead atoms. The normalized spacial score (nSPS) is 12.9. The maximum absolute atomic E-state index is 9.60. The highest BCUT2D eigenvalue weighted by Gasteiger charge is 2.14. The lowest BCUT2D eigenvalue weighted by atomic mass is 10.0. The molecule has 0 saturated heterocycles. The molecule has 0 aliphatic rings. The van der Waals surface area contributed by atoms with Gasteiger partial charge in [-0.05, 0) is 12.5 Å². The minimum atomic E-state index is -0.435. The molecular formula is C9H11Cl2NO2. The van der Waals surface area contributed by atoms with Crippen molar-refractivity contribution in [2.75, 3.05) is 6.61 Å². The number of phenols is 1. The van der Waals surface area contributed by atoms with E-state index >= 15 is 0 Å². The van der Waals surface area contributed by atoms with Gasteiger partial charge in [0.2, 0.25) is 0 Å². The number of nitrogens with two attached hydrogens (primary N) is 1. The number of hydrogen-bond donors (Lipinski definition) is 3. The molecule has 0 amide bonds. The van der Waals surface area contributed by atoms with Crippen LogP contribution in [0.15, 0.2) is 12.1 Å². The Morgan fingerprint density at radius 2 is 2.00 bits per heavy atom. The number of rotatable bonds is 3. The molecule has 78 valence electrons. The fraction of sp³-hybridized carbons (Fsp3) is 0.333. The first kappa shape index (κ1) is 11.6. The third kappa shape index (κ3) is 2.30. The van der Waals surface area contributed by atoms with Crippen LogP contribution in [0.4, 0.5) is 0 Å². The molecule has 0 fully saturated rings. The Kier molecular flexibility index (Phi) is 4.01. The minimum absolute atomic E-state index is 0.0408. The first-order chi connectivity index (χ1) is 6.57. The van der Waals surface area contributed by atoms with Gasteiger partial charge in [0.25, 0.3) is 0 Å². The third-order valence-electron chi connectivity index (χ3n) is 1.94. The minimum Gasteiger partial charge on any atom is -0.506 e. The molecule has 0 radical (unpaired) electrons. The van der Waals surface area contributed by atoms with Gasteiger partial charge in [-0.2, -0.15) is 0 Å². The highest BCUT2D eigenvalue weighted by molar-refractivity contribution is 6.43. The maximum Gasteiger partial charge on any atom is 0.140 e. The van der Waals surface area contributed by atoms with E-state index in [1.165, 1.54) is 0 Å². The van der Waals surface area contributed by atoms with Crippen LogP contribution in [-0.4, -0.2) is 16.8 Å². The van der Waals surface area contributed by atoms with E-state index in [-0.39, 0.29) is 22.4 Å². The van der Waals surface area contributed by atoms with Crippen LogP contribution in [0, 0.1) is 0 Å². The second-order valence-electron chi connectivity index (χ2n) is 2.92. The monoisotopic (exact) mass is 235 g/mol. The van der Waals surface area contributed by atoms with E-state index in [0.29, 0.717) is 12.0 Å². The predicted octanol–water partition coefficient (Wildman–Crippen LogP) is 2.08. The van der Waals surface area contributed by atoms with Crippen LogP contribution in [0.5, 0.6) is 5.75 Å². The Balaban J connectivity index is 3.04. The number of aromatic hydroxyl groups is 1. The summed E-state index contributed by atoms with van der Waals surface area (Å²) in [6, 6.07) is 2.73. The number of benzene rings is 1. The largest absolute Gasteiger partial charge is 0.506 e. The van der Waals surface area contributed by atoms with Gasteiger partial charge in [-0.25, -0.2) is 0 Å². The molecule has 0 saturated carbocycles. The topological polar surface area (TPSA) is 66.5 Å². The van der Waals surface area contributed by atoms with Crippen LogP contribution >= 0.6 is 23.2 Å². The second kappa shape index (κ2) is 4.84. The molecule has 3 nitrogen and oxygen atoms in total. The summed E-state index contributed by atoms with van der Waals surface area (Å²) in [6.45, 7) is -0.0408. The van der Waals surface area contributed by atoms with E-state index in [2.05, 4.69) is 0 Å². The first-order valence-electron chi connectivity index (χ1n) is 4.11. The van der Waals surface area contributed by atoms with Crippen LogP contribution in [0.1, 0.15) is 18.0 Å². The molecule has 1 aromatic rings. The summed E-state index contributed by atoms with van der Waals surface area (Å²) in [5.41, 5.74) is 6.20. The van der Waals surface area contributed by atoms with Crippen molar-refractivity contribution in [3.8, 4) is 5.75 Å². The zero-order valence-corrected chi connectivity index (χ0v) is 8.89. The fourth-order valence-corrected chi connectivity index (χ4v) is 1.47. The average Bonchev–Trinajstić information content (AvgIpc) is 2.15. The molecule has 14 heavy (non-hydrogen) atoms. The Morgan fingerprint density at radius 1 is 1.36 bits per heavy atom. The van der Waals surface area contributed by atoms with Crippen LogP contribution in [0.3, 0.4) is 0 Å². The SMILES string of the molecule is N[C@H](CCO)c1ccc(Cl)c(Cl)c1O. The van der Waals surface area contributed by atoms with Gasteiger partial charge in [0.1, 0.15) is 10.8 Å². The van der Waals surface area contributed by atoms with Crippen molar-refractivity contribution < 1.29 is 10.2 Å². The highest BCUT2D eigenvalue weighted by Crippen LogP contribution is 2.36. The molecule has 0 heterocycles. The summed E-state index contributed by atoms with van der Waals surface area (Å²) in [5, 5.41) is 18.7. The second-order valence-corrected chi connectivity index (χ2v) is 3.70. The molecule has 0 aliphatic carbocycles. The summed E-state index contributed by atoms with van der Waals surface area (Å²) in [5.74, 6) is -0.111. The highest BCUT2D eigenvalue weighted by atomic mass is 35.5. The molecule has 0 aromatic heterocycles. The van der Waals surface area contributed by atoms with Gasteiger partial charge in [0.15, 0.2) is 0 Å². The van der Waals surface area contributed by atoms with Gasteiger partial charge in [-0.1, -0.05) is 29.3 Å². The van der Waals surface area contributed by atoms with E-state index in [4.69, 9.17) is 34.0 Å². The number of halogens is 2. The van der Waals surface area contributed by atoms with Crippen LogP contribution in [0.25, 0.3) is 0 Å². The van der Waals surface area contributed by atoms with E-state index in [9.17, 15) is 5.11 Å². The average molecular weight is 236 g/mol. The Morgan fingerprint density at radius 3 is 2.57 bits per heavy atom. The van der Waals surface area contributed by atoms with Gasteiger partial charge in [0, 0.05) is 18.2 Å². The van der Waals surface area contributed by atoms with E-state index in [1.54, 1.807) is 12.1 Å². The maximum atomic E-state index is 9.60. The van der Waals surface area contributed by atoms with Crippen molar-refractivity contribution in [2.45, 2.75) is 12.5 Å². The third-order valence-corrected chi connectivity index (χ3v) is 2.73. The quantitative estimate of drug-likeness (QED) is 0.752. The van der Waals surface area contributed by atoms with Crippen molar-refractivity contribution in [3.63, 3.8) is 0 Å². The lowest BCUT2D eigenvalue weighted by Gasteiger charge is -2.13. The summed E-state index contributed by atoms with van der Waals surface area (Å²) in [4.78, 5) is 0. The molecule has 1 rings (SSSR count). The molecule has 5 heteroatoms. The smallest absolute Gasteiger partial charge is 0.140 e. The predicted molar refractivity (Wildman–Crippen MR) is 56.8 cm³/mol. The van der Waals surface area contributed by atoms with Gasteiger partial charge in [-0.15, -0.1) is 0 Å². The molecule has 4 N–H and O–H groups in total. The van der Waals surface area contributed by atoms with Crippen LogP contribution in [0.2, 0.25) is 10.0 Å². The molecule has 0 spiro atoms. The zero-order valence-electron chi connectivity index (χ0n) is 7.37. The number of aliphatic hydroxyl groups is 1. The molecule has 1 atom stereocenters. The summed E-state index contributed by atoms with van der Waals surface area (Å²) < 4.78 is 0. The Labute approximate surface area is 92.1 Å². The summed E-state index contributed by atoms with van der Waals surface area (Å²) in [6.07, 6.45) is 0.367. The standard InChI is InChI=1S/C9H11Cl2NO2/c10-6-2-1-5(7(12)3-4-13)9(14)8(6)11/h1-2,7,13-14H,3-4,12H2/t7-/m1/s1. The fourth-order valence-electron chi connectivity index (χ4n) is 1.15. The summed E-state index contributed by atoms with van der Waals surface area (Å²) in [7, 11) is 0. The van der Waals surface area contributed by atoms with Gasteiger partial charge in [0.05, 0.1) is 5.02 Å².